The zero-order valence-electron chi connectivity index (χ0n) is 14.4. The summed E-state index contributed by atoms with van der Waals surface area (Å²) in [7, 11) is 1.70. The van der Waals surface area contributed by atoms with Gasteiger partial charge in [0.25, 0.3) is 0 Å². The Hall–Kier alpha value is -1.02. The minimum absolute atomic E-state index is 0.229. The number of ether oxygens (including phenoxy) is 1. The number of hydrogen-bond acceptors (Lipinski definition) is 3. The molecule has 2 rings (SSSR count). The molecule has 2 N–H and O–H groups in total. The van der Waals surface area contributed by atoms with Crippen LogP contribution in [0.3, 0.4) is 0 Å². The normalized spacial score (nSPS) is 22.8. The maximum atomic E-state index is 12.4. The average molecular weight is 350 g/mol. The largest absolute Gasteiger partial charge is 0.401 e. The number of rotatable bonds is 9. The van der Waals surface area contributed by atoms with Crippen molar-refractivity contribution >= 4 is 5.96 Å². The molecule has 0 bridgehead atoms. The maximum absolute atomic E-state index is 12.4. The number of aliphatic imine (C=N–C) groups is 1. The fraction of sp³-hybridized carbons (Fsp3) is 0.938. The lowest BCUT2D eigenvalue weighted by Gasteiger charge is -2.18. The Morgan fingerprint density at radius 2 is 2.00 bits per heavy atom. The molecule has 8 heteroatoms. The summed E-state index contributed by atoms with van der Waals surface area (Å²) in [6, 6.07) is 0. The van der Waals surface area contributed by atoms with E-state index in [1.807, 2.05) is 0 Å². The van der Waals surface area contributed by atoms with Crippen LogP contribution in [0.5, 0.6) is 0 Å². The van der Waals surface area contributed by atoms with Gasteiger partial charge in [-0.2, -0.15) is 13.2 Å². The molecule has 1 aliphatic carbocycles. The van der Waals surface area contributed by atoms with Crippen molar-refractivity contribution in [3.8, 4) is 0 Å². The van der Waals surface area contributed by atoms with Crippen LogP contribution in [0.15, 0.2) is 4.99 Å². The van der Waals surface area contributed by atoms with Gasteiger partial charge in [0, 0.05) is 39.9 Å². The second-order valence-electron chi connectivity index (χ2n) is 6.76. The van der Waals surface area contributed by atoms with Gasteiger partial charge >= 0.3 is 6.18 Å². The molecular weight excluding hydrogens is 321 g/mol. The van der Waals surface area contributed by atoms with Crippen molar-refractivity contribution in [1.29, 1.82) is 0 Å². The summed E-state index contributed by atoms with van der Waals surface area (Å²) in [6.07, 6.45) is 0.194. The monoisotopic (exact) mass is 350 g/mol. The Morgan fingerprint density at radius 1 is 1.21 bits per heavy atom. The first kappa shape index (κ1) is 19.3. The second kappa shape index (κ2) is 9.46. The van der Waals surface area contributed by atoms with E-state index in [2.05, 4.69) is 15.6 Å². The van der Waals surface area contributed by atoms with Gasteiger partial charge in [-0.25, -0.2) is 0 Å². The number of likely N-dealkylation sites (tertiary alicyclic amines) is 1. The molecule has 0 aromatic rings. The van der Waals surface area contributed by atoms with E-state index in [0.29, 0.717) is 25.6 Å². The van der Waals surface area contributed by atoms with Crippen molar-refractivity contribution in [2.45, 2.75) is 31.9 Å². The molecule has 1 aliphatic heterocycles. The number of nitrogens with zero attached hydrogens (tertiary/aromatic N) is 2. The SMILES string of the molecule is CN=C(NCCCOCC1CC1)NCC1CCN(CC(F)(F)F)C1. The summed E-state index contributed by atoms with van der Waals surface area (Å²) >= 11 is 0. The Kier molecular flexibility index (Phi) is 7.61. The Bertz CT molecular complexity index is 399. The summed E-state index contributed by atoms with van der Waals surface area (Å²) in [6.45, 7) is 3.23. The smallest absolute Gasteiger partial charge is 0.381 e. The summed E-state index contributed by atoms with van der Waals surface area (Å²) in [5, 5.41) is 6.42. The summed E-state index contributed by atoms with van der Waals surface area (Å²) in [5.74, 6) is 1.72. The van der Waals surface area contributed by atoms with Crippen LogP contribution in [0.2, 0.25) is 0 Å². The van der Waals surface area contributed by atoms with Gasteiger partial charge in [0.1, 0.15) is 0 Å². The van der Waals surface area contributed by atoms with Crippen molar-refractivity contribution in [3.05, 3.63) is 0 Å². The van der Waals surface area contributed by atoms with Crippen molar-refractivity contribution in [2.24, 2.45) is 16.8 Å². The Labute approximate surface area is 142 Å². The highest BCUT2D eigenvalue weighted by molar-refractivity contribution is 5.79. The van der Waals surface area contributed by atoms with E-state index >= 15 is 0 Å². The van der Waals surface area contributed by atoms with Gasteiger partial charge in [0.15, 0.2) is 5.96 Å². The molecule has 1 saturated carbocycles. The Balaban J connectivity index is 1.51. The standard InChI is InChI=1S/C16H29F3N4O/c1-20-15(21-6-2-8-24-11-13-3-4-13)22-9-14-5-7-23(10-14)12-16(17,18)19/h13-14H,2-12H2,1H3,(H2,20,21,22). The summed E-state index contributed by atoms with van der Waals surface area (Å²) in [5.41, 5.74) is 0. The van der Waals surface area contributed by atoms with Crippen LogP contribution in [-0.4, -0.2) is 70.0 Å². The molecule has 0 aromatic carbocycles. The fourth-order valence-corrected chi connectivity index (χ4v) is 2.85. The summed E-state index contributed by atoms with van der Waals surface area (Å²) < 4.78 is 42.7. The van der Waals surface area contributed by atoms with Gasteiger partial charge < -0.3 is 15.4 Å². The number of hydrogen-bond donors (Lipinski definition) is 2. The molecule has 0 spiro atoms. The lowest BCUT2D eigenvalue weighted by molar-refractivity contribution is -0.143. The average Bonchev–Trinajstić information content (AvgIpc) is 3.24. The van der Waals surface area contributed by atoms with E-state index in [1.165, 1.54) is 17.7 Å². The fourth-order valence-electron chi connectivity index (χ4n) is 2.85. The van der Waals surface area contributed by atoms with E-state index < -0.39 is 12.7 Å². The van der Waals surface area contributed by atoms with Gasteiger partial charge in [-0.15, -0.1) is 0 Å². The molecular formula is C16H29F3N4O. The number of halogens is 3. The molecule has 0 radical (unpaired) electrons. The number of alkyl halides is 3. The highest BCUT2D eigenvalue weighted by Crippen LogP contribution is 2.28. The minimum atomic E-state index is -4.11. The van der Waals surface area contributed by atoms with Crippen molar-refractivity contribution < 1.29 is 17.9 Å². The molecule has 0 aromatic heterocycles. The van der Waals surface area contributed by atoms with Gasteiger partial charge in [0.2, 0.25) is 0 Å². The highest BCUT2D eigenvalue weighted by atomic mass is 19.4. The van der Waals surface area contributed by atoms with Crippen LogP contribution in [-0.2, 0) is 4.74 Å². The second-order valence-corrected chi connectivity index (χ2v) is 6.76. The van der Waals surface area contributed by atoms with E-state index in [4.69, 9.17) is 4.74 Å². The van der Waals surface area contributed by atoms with Crippen LogP contribution < -0.4 is 10.6 Å². The lowest BCUT2D eigenvalue weighted by Crippen LogP contribution is -2.41. The highest BCUT2D eigenvalue weighted by Gasteiger charge is 2.34. The first-order valence-corrected chi connectivity index (χ1v) is 8.77. The third-order valence-corrected chi connectivity index (χ3v) is 4.36. The minimum Gasteiger partial charge on any atom is -0.381 e. The molecule has 1 unspecified atom stereocenters. The van der Waals surface area contributed by atoms with Crippen LogP contribution >= 0.6 is 0 Å². The first-order chi connectivity index (χ1) is 11.5. The lowest BCUT2D eigenvalue weighted by atomic mass is 10.1. The third kappa shape index (κ3) is 8.19. The van der Waals surface area contributed by atoms with Gasteiger partial charge in [0.05, 0.1) is 6.54 Å². The topological polar surface area (TPSA) is 48.9 Å². The predicted molar refractivity (Wildman–Crippen MR) is 88.1 cm³/mol. The molecule has 1 atom stereocenters. The zero-order valence-corrected chi connectivity index (χ0v) is 14.4. The molecule has 140 valence electrons. The van der Waals surface area contributed by atoms with E-state index in [9.17, 15) is 13.2 Å². The van der Waals surface area contributed by atoms with Crippen LogP contribution in [0.4, 0.5) is 13.2 Å². The van der Waals surface area contributed by atoms with E-state index in [1.54, 1.807) is 7.05 Å². The quantitative estimate of drug-likeness (QED) is 0.379. The van der Waals surface area contributed by atoms with E-state index in [0.717, 1.165) is 38.5 Å². The summed E-state index contributed by atoms with van der Waals surface area (Å²) in [4.78, 5) is 5.62. The molecule has 1 saturated heterocycles. The van der Waals surface area contributed by atoms with Crippen LogP contribution in [0.1, 0.15) is 25.7 Å². The van der Waals surface area contributed by atoms with Crippen molar-refractivity contribution in [3.63, 3.8) is 0 Å². The molecule has 2 aliphatic rings. The van der Waals surface area contributed by atoms with Crippen LogP contribution in [0, 0.1) is 11.8 Å². The maximum Gasteiger partial charge on any atom is 0.401 e. The zero-order chi connectivity index (χ0) is 17.4. The molecule has 1 heterocycles. The van der Waals surface area contributed by atoms with Crippen molar-refractivity contribution in [1.82, 2.24) is 15.5 Å². The van der Waals surface area contributed by atoms with Gasteiger partial charge in [-0.1, -0.05) is 0 Å². The molecule has 0 amide bonds. The first-order valence-electron chi connectivity index (χ1n) is 8.77. The predicted octanol–water partition coefficient (Wildman–Crippen LogP) is 1.85. The molecule has 24 heavy (non-hydrogen) atoms. The van der Waals surface area contributed by atoms with Gasteiger partial charge in [-0.3, -0.25) is 9.89 Å². The molecule has 5 nitrogen and oxygen atoms in total. The number of nitrogens with one attached hydrogen (secondary N) is 2. The Morgan fingerprint density at radius 3 is 2.67 bits per heavy atom. The van der Waals surface area contributed by atoms with Crippen LogP contribution in [0.25, 0.3) is 0 Å². The third-order valence-electron chi connectivity index (χ3n) is 4.36. The van der Waals surface area contributed by atoms with E-state index in [-0.39, 0.29) is 5.92 Å². The van der Waals surface area contributed by atoms with Crippen molar-refractivity contribution in [2.75, 3.05) is 53.0 Å². The van der Waals surface area contributed by atoms with Gasteiger partial charge in [-0.05, 0) is 44.1 Å². The molecule has 2 fully saturated rings. The number of guanidine groups is 1.